The summed E-state index contributed by atoms with van der Waals surface area (Å²) in [5.74, 6) is 1.47. The highest BCUT2D eigenvalue weighted by Crippen LogP contribution is 2.35. The van der Waals surface area contributed by atoms with Gasteiger partial charge in [0.1, 0.15) is 5.75 Å². The molecular formula is C26H21N7O. The number of nitriles is 1. The first-order valence-electron chi connectivity index (χ1n) is 10.7. The molecule has 0 fully saturated rings. The fourth-order valence-electron chi connectivity index (χ4n) is 3.78. The maximum Gasteiger partial charge on any atom is 0.252 e. The fraction of sp³-hybridized carbons (Fsp3) is 0.115. The van der Waals surface area contributed by atoms with Crippen molar-refractivity contribution in [3.05, 3.63) is 83.9 Å². The van der Waals surface area contributed by atoms with Gasteiger partial charge in [0.15, 0.2) is 11.2 Å². The lowest BCUT2D eigenvalue weighted by molar-refractivity contribution is 0.461. The second-order valence-electron chi connectivity index (χ2n) is 7.97. The molecule has 8 nitrogen and oxygen atoms in total. The molecule has 0 aliphatic rings. The number of rotatable bonds is 5. The third-order valence-electron chi connectivity index (χ3n) is 5.47. The van der Waals surface area contributed by atoms with Crippen molar-refractivity contribution < 1.29 is 4.74 Å². The molecule has 0 amide bonds. The van der Waals surface area contributed by atoms with Crippen LogP contribution in [0, 0.1) is 25.2 Å². The molecular weight excluding hydrogens is 426 g/mol. The average molecular weight is 448 g/mol. The number of anilines is 2. The van der Waals surface area contributed by atoms with Gasteiger partial charge in [-0.2, -0.15) is 15.2 Å². The topological polar surface area (TPSA) is 102 Å². The number of benzene rings is 2. The smallest absolute Gasteiger partial charge is 0.252 e. The lowest BCUT2D eigenvalue weighted by atomic mass is 10.0. The van der Waals surface area contributed by atoms with E-state index in [2.05, 4.69) is 43.5 Å². The van der Waals surface area contributed by atoms with Crippen LogP contribution in [-0.2, 0) is 7.05 Å². The van der Waals surface area contributed by atoms with E-state index in [1.54, 1.807) is 30.9 Å². The molecule has 5 aromatic rings. The van der Waals surface area contributed by atoms with Crippen LogP contribution in [0.5, 0.6) is 11.6 Å². The zero-order valence-electron chi connectivity index (χ0n) is 18.9. The number of nitrogens with one attached hydrogen (secondary N) is 1. The number of fused-ring (bicyclic) bond motifs is 1. The molecule has 0 bridgehead atoms. The van der Waals surface area contributed by atoms with Crippen molar-refractivity contribution in [3.63, 3.8) is 0 Å². The van der Waals surface area contributed by atoms with E-state index in [1.807, 2.05) is 49.7 Å². The Hall–Kier alpha value is -4.77. The summed E-state index contributed by atoms with van der Waals surface area (Å²) in [4.78, 5) is 17.8. The van der Waals surface area contributed by atoms with Crippen molar-refractivity contribution in [1.29, 1.82) is 5.26 Å². The molecule has 0 aliphatic heterocycles. The highest BCUT2D eigenvalue weighted by Gasteiger charge is 2.17. The Labute approximate surface area is 196 Å². The van der Waals surface area contributed by atoms with Crippen LogP contribution in [0.25, 0.3) is 22.3 Å². The number of imidazole rings is 1. The van der Waals surface area contributed by atoms with E-state index in [-0.39, 0.29) is 0 Å². The number of hydrogen-bond acceptors (Lipinski definition) is 7. The summed E-state index contributed by atoms with van der Waals surface area (Å²) in [5.41, 5.74) is 6.72. The first kappa shape index (κ1) is 21.1. The Morgan fingerprint density at radius 2 is 1.65 bits per heavy atom. The Balaban J connectivity index is 1.53. The Morgan fingerprint density at radius 1 is 0.941 bits per heavy atom. The second-order valence-corrected chi connectivity index (χ2v) is 7.97. The van der Waals surface area contributed by atoms with Crippen LogP contribution in [-0.4, -0.2) is 24.5 Å². The Bertz CT molecular complexity index is 1510. The minimum Gasteiger partial charge on any atom is -0.436 e. The normalized spacial score (nSPS) is 10.8. The highest BCUT2D eigenvalue weighted by atomic mass is 16.5. The van der Waals surface area contributed by atoms with E-state index >= 15 is 0 Å². The second kappa shape index (κ2) is 8.64. The summed E-state index contributed by atoms with van der Waals surface area (Å²) in [6.07, 6.45) is 5.25. The van der Waals surface area contributed by atoms with Crippen molar-refractivity contribution in [1.82, 2.24) is 24.5 Å². The van der Waals surface area contributed by atoms with Crippen molar-refractivity contribution in [2.24, 2.45) is 7.05 Å². The average Bonchev–Trinajstić information content (AvgIpc) is 3.23. The molecule has 0 atom stereocenters. The molecule has 3 heterocycles. The number of aromatic nitrogens is 5. The molecule has 0 radical (unpaired) electrons. The van der Waals surface area contributed by atoms with Crippen LogP contribution in [0.3, 0.4) is 0 Å². The molecule has 5 rings (SSSR count). The molecule has 0 saturated heterocycles. The summed E-state index contributed by atoms with van der Waals surface area (Å²) in [5, 5.41) is 12.2. The molecule has 34 heavy (non-hydrogen) atoms. The van der Waals surface area contributed by atoms with Gasteiger partial charge in [0.2, 0.25) is 5.95 Å². The third kappa shape index (κ3) is 4.02. The van der Waals surface area contributed by atoms with E-state index in [0.29, 0.717) is 28.6 Å². The molecule has 0 saturated carbocycles. The van der Waals surface area contributed by atoms with Gasteiger partial charge in [0.05, 0.1) is 18.0 Å². The Kier molecular flexibility index (Phi) is 5.36. The minimum absolute atomic E-state index is 0.365. The van der Waals surface area contributed by atoms with Gasteiger partial charge in [-0.1, -0.05) is 0 Å². The van der Waals surface area contributed by atoms with Gasteiger partial charge in [-0.05, 0) is 84.6 Å². The summed E-state index contributed by atoms with van der Waals surface area (Å²) < 4.78 is 8.17. The number of aryl methyl sites for hydroxylation is 3. The SMILES string of the molecule is Cc1cc(-c2ccncc2)cc(C)c1Oc1nc(Nc2ccc(C#N)cc2)nc2c1ncn2C. The van der Waals surface area contributed by atoms with Crippen molar-refractivity contribution >= 4 is 22.8 Å². The maximum atomic E-state index is 9.02. The maximum absolute atomic E-state index is 9.02. The van der Waals surface area contributed by atoms with E-state index < -0.39 is 0 Å². The minimum atomic E-state index is 0.365. The number of ether oxygens (including phenoxy) is 1. The molecule has 3 aromatic heterocycles. The molecule has 166 valence electrons. The van der Waals surface area contributed by atoms with Crippen molar-refractivity contribution in [2.75, 3.05) is 5.32 Å². The Morgan fingerprint density at radius 3 is 2.32 bits per heavy atom. The third-order valence-corrected chi connectivity index (χ3v) is 5.47. The highest BCUT2D eigenvalue weighted by molar-refractivity contribution is 5.79. The first-order valence-corrected chi connectivity index (χ1v) is 10.7. The van der Waals surface area contributed by atoms with Crippen molar-refractivity contribution in [3.8, 4) is 28.8 Å². The van der Waals surface area contributed by atoms with Gasteiger partial charge in [-0.15, -0.1) is 0 Å². The molecule has 8 heteroatoms. The molecule has 0 unspecified atom stereocenters. The molecule has 2 aromatic carbocycles. The number of pyridine rings is 1. The van der Waals surface area contributed by atoms with Gasteiger partial charge in [0, 0.05) is 25.1 Å². The largest absolute Gasteiger partial charge is 0.436 e. The summed E-state index contributed by atoms with van der Waals surface area (Å²) in [6.45, 7) is 4.03. The van der Waals surface area contributed by atoms with E-state index in [1.165, 1.54) is 0 Å². The zero-order chi connectivity index (χ0) is 23.7. The van der Waals surface area contributed by atoms with Gasteiger partial charge in [-0.25, -0.2) is 4.98 Å². The van der Waals surface area contributed by atoms with Crippen LogP contribution in [0.4, 0.5) is 11.6 Å². The summed E-state index contributed by atoms with van der Waals surface area (Å²) in [6, 6.07) is 17.3. The van der Waals surface area contributed by atoms with E-state index in [9.17, 15) is 0 Å². The first-order chi connectivity index (χ1) is 16.5. The predicted octanol–water partition coefficient (Wildman–Crippen LogP) is 5.45. The lowest BCUT2D eigenvalue weighted by Gasteiger charge is -2.14. The molecule has 0 aliphatic carbocycles. The fourth-order valence-corrected chi connectivity index (χ4v) is 3.78. The predicted molar refractivity (Wildman–Crippen MR) is 130 cm³/mol. The van der Waals surface area contributed by atoms with Crippen molar-refractivity contribution in [2.45, 2.75) is 13.8 Å². The van der Waals surface area contributed by atoms with Crippen LogP contribution in [0.15, 0.2) is 67.3 Å². The van der Waals surface area contributed by atoms with Crippen LogP contribution in [0.2, 0.25) is 0 Å². The number of nitrogens with zero attached hydrogens (tertiary/aromatic N) is 6. The van der Waals surface area contributed by atoms with Crippen LogP contribution in [0.1, 0.15) is 16.7 Å². The van der Waals surface area contributed by atoms with Gasteiger partial charge in [0.25, 0.3) is 5.88 Å². The van der Waals surface area contributed by atoms with Crippen LogP contribution >= 0.6 is 0 Å². The van der Waals surface area contributed by atoms with Gasteiger partial charge >= 0.3 is 0 Å². The lowest BCUT2D eigenvalue weighted by Crippen LogP contribution is -2.02. The number of hydrogen-bond donors (Lipinski definition) is 1. The van der Waals surface area contributed by atoms with Gasteiger partial charge < -0.3 is 14.6 Å². The van der Waals surface area contributed by atoms with Gasteiger partial charge in [-0.3, -0.25) is 4.98 Å². The molecule has 1 N–H and O–H groups in total. The quantitative estimate of drug-likeness (QED) is 0.382. The van der Waals surface area contributed by atoms with E-state index in [0.717, 1.165) is 33.7 Å². The summed E-state index contributed by atoms with van der Waals surface area (Å²) >= 11 is 0. The monoisotopic (exact) mass is 447 g/mol. The summed E-state index contributed by atoms with van der Waals surface area (Å²) in [7, 11) is 1.87. The standard InChI is InChI=1S/C26H21N7O/c1-16-12-20(19-8-10-28-11-9-19)13-17(2)23(16)34-25-22-24(33(3)15-29-22)31-26(32-25)30-21-6-4-18(14-27)5-7-21/h4-13,15H,1-3H3,(H,30,31,32). The zero-order valence-corrected chi connectivity index (χ0v) is 18.9. The molecule has 0 spiro atoms. The van der Waals surface area contributed by atoms with Crippen LogP contribution < -0.4 is 10.1 Å². The van der Waals surface area contributed by atoms with E-state index in [4.69, 9.17) is 10.00 Å².